The van der Waals surface area contributed by atoms with Crippen LogP contribution in [0.2, 0.25) is 0 Å². The molecule has 0 unspecified atom stereocenters. The number of carboxylic acid groups (broad SMARTS) is 1. The molecule has 4 heterocycles. The van der Waals surface area contributed by atoms with E-state index in [4.69, 9.17) is 10.6 Å². The van der Waals surface area contributed by atoms with Crippen LogP contribution >= 0.6 is 23.1 Å². The van der Waals surface area contributed by atoms with E-state index in [0.29, 0.717) is 17.9 Å². The summed E-state index contributed by atoms with van der Waals surface area (Å²) in [6.45, 7) is 6.64. The van der Waals surface area contributed by atoms with Crippen LogP contribution in [0.15, 0.2) is 46.3 Å². The van der Waals surface area contributed by atoms with Crippen LogP contribution in [0.25, 0.3) is 0 Å². The zero-order chi connectivity index (χ0) is 26.2. The molecule has 1 fully saturated rings. The van der Waals surface area contributed by atoms with Gasteiger partial charge in [-0.2, -0.15) is 0 Å². The van der Waals surface area contributed by atoms with Crippen molar-refractivity contribution in [1.29, 1.82) is 0 Å². The maximum Gasteiger partial charge on any atom is 0.276 e. The number of nitrogens with one attached hydrogen (secondary N) is 1. The third kappa shape index (κ3) is 4.93. The molecule has 11 nitrogen and oxygen atoms in total. The Kier molecular flexibility index (Phi) is 7.05. The zero-order valence-corrected chi connectivity index (χ0v) is 21.8. The third-order valence-electron chi connectivity index (χ3n) is 5.82. The molecule has 3 N–H and O–H groups in total. The molecule has 2 aliphatic rings. The molecule has 36 heavy (non-hydrogen) atoms. The Balaban J connectivity index is 1.52. The minimum absolute atomic E-state index is 0.00810. The Morgan fingerprint density at radius 3 is 2.61 bits per heavy atom. The van der Waals surface area contributed by atoms with Crippen LogP contribution < -0.4 is 20.7 Å². The first-order valence-corrected chi connectivity index (χ1v) is 12.9. The van der Waals surface area contributed by atoms with Crippen LogP contribution in [0.1, 0.15) is 32.0 Å². The Labute approximate surface area is 216 Å². The minimum Gasteiger partial charge on any atom is -0.543 e. The van der Waals surface area contributed by atoms with Crippen molar-refractivity contribution in [2.75, 3.05) is 18.6 Å². The summed E-state index contributed by atoms with van der Waals surface area (Å²) in [7, 11) is 1.28. The van der Waals surface area contributed by atoms with Crippen molar-refractivity contribution in [3.05, 3.63) is 52.4 Å². The number of anilines is 1. The Morgan fingerprint density at radius 1 is 1.36 bits per heavy atom. The average molecular weight is 531 g/mol. The molecule has 190 valence electrons. The fraction of sp³-hybridized carbons (Fsp3) is 0.391. The number of hydrogen-bond donors (Lipinski definition) is 2. The van der Waals surface area contributed by atoms with E-state index in [1.807, 2.05) is 29.1 Å². The number of amides is 2. The quantitative estimate of drug-likeness (QED) is 0.215. The molecule has 1 saturated heterocycles. The Hall–Kier alpha value is -3.45. The summed E-state index contributed by atoms with van der Waals surface area (Å²) in [5, 5.41) is 19.6. The summed E-state index contributed by atoms with van der Waals surface area (Å²) in [6.07, 6.45) is 3.78. The van der Waals surface area contributed by atoms with E-state index in [0.717, 1.165) is 16.9 Å². The number of aliphatic carboxylic acids is 1. The van der Waals surface area contributed by atoms with Gasteiger partial charge in [-0.1, -0.05) is 25.9 Å². The van der Waals surface area contributed by atoms with Gasteiger partial charge in [-0.05, 0) is 11.0 Å². The number of carbonyl (C=O) groups excluding carboxylic acids is 3. The number of pyridine rings is 1. The summed E-state index contributed by atoms with van der Waals surface area (Å²) >= 11 is 2.50. The molecule has 13 heteroatoms. The van der Waals surface area contributed by atoms with Gasteiger partial charge in [0.1, 0.15) is 24.2 Å². The predicted molar refractivity (Wildman–Crippen MR) is 132 cm³/mol. The normalized spacial score (nSPS) is 20.1. The summed E-state index contributed by atoms with van der Waals surface area (Å²) < 4.78 is 1.87. The van der Waals surface area contributed by atoms with E-state index in [1.165, 1.54) is 23.8 Å². The molecule has 2 aromatic heterocycles. The fourth-order valence-corrected chi connectivity index (χ4v) is 5.86. The number of oxime groups is 1. The molecule has 2 aliphatic heterocycles. The number of carboxylic acids is 1. The van der Waals surface area contributed by atoms with Crippen molar-refractivity contribution in [2.45, 2.75) is 44.1 Å². The lowest BCUT2D eigenvalue weighted by atomic mass is 9.88. The second-order valence-corrected chi connectivity index (χ2v) is 11.3. The number of rotatable bonds is 7. The van der Waals surface area contributed by atoms with Crippen molar-refractivity contribution < 1.29 is 28.9 Å². The van der Waals surface area contributed by atoms with Crippen molar-refractivity contribution in [3.8, 4) is 0 Å². The lowest BCUT2D eigenvalue weighted by Gasteiger charge is -2.50. The standard InChI is InChI=1S/C23H26N6O5S2/c1-23(2,3)13-5-7-28(8-6-13)9-12-10-35-20-16(19(31)29(20)17(12)21(32)33)26-18(30)15(27-34-4)14-11-36-22(24)25-14/h5-8,11,16,20H,9-10H2,1-4H3,(H3-,24,25,26,30,32,33)/b27-15-/t16-,20-/m1/s1. The first kappa shape index (κ1) is 25.6. The van der Waals surface area contributed by atoms with Gasteiger partial charge in [0.25, 0.3) is 11.8 Å². The Bertz CT molecular complexity index is 1260. The van der Waals surface area contributed by atoms with Gasteiger partial charge in [-0.15, -0.1) is 23.1 Å². The maximum atomic E-state index is 13.0. The van der Waals surface area contributed by atoms with Crippen LogP contribution in [-0.4, -0.2) is 57.7 Å². The van der Waals surface area contributed by atoms with E-state index in [9.17, 15) is 19.5 Å². The van der Waals surface area contributed by atoms with Crippen LogP contribution in [0.5, 0.6) is 0 Å². The van der Waals surface area contributed by atoms with Crippen molar-refractivity contribution in [3.63, 3.8) is 0 Å². The molecule has 0 aromatic carbocycles. The molecule has 0 radical (unpaired) electrons. The van der Waals surface area contributed by atoms with Gasteiger partial charge < -0.3 is 25.8 Å². The van der Waals surface area contributed by atoms with Crippen LogP contribution in [0.4, 0.5) is 5.13 Å². The second-order valence-electron chi connectivity index (χ2n) is 9.30. The molecule has 0 aliphatic carbocycles. The highest BCUT2D eigenvalue weighted by Gasteiger charge is 2.53. The summed E-state index contributed by atoms with van der Waals surface area (Å²) in [5.74, 6) is -2.29. The monoisotopic (exact) mass is 530 g/mol. The first-order valence-electron chi connectivity index (χ1n) is 11.0. The number of β-lactam (4-membered cyclic amide) rings is 1. The van der Waals surface area contributed by atoms with Gasteiger partial charge in [0.15, 0.2) is 29.8 Å². The first-order chi connectivity index (χ1) is 17.0. The topological polar surface area (TPSA) is 154 Å². The summed E-state index contributed by atoms with van der Waals surface area (Å²) in [4.78, 5) is 47.9. The third-order valence-corrected chi connectivity index (χ3v) is 7.83. The number of thioether (sulfide) groups is 1. The largest absolute Gasteiger partial charge is 0.543 e. The summed E-state index contributed by atoms with van der Waals surface area (Å²) in [5.41, 5.74) is 7.27. The van der Waals surface area contributed by atoms with E-state index in [2.05, 4.69) is 36.2 Å². The zero-order valence-electron chi connectivity index (χ0n) is 20.2. The molecule has 0 bridgehead atoms. The van der Waals surface area contributed by atoms with Crippen molar-refractivity contribution in [2.24, 2.45) is 5.16 Å². The molecule has 4 rings (SSSR count). The van der Waals surface area contributed by atoms with E-state index in [1.54, 1.807) is 5.38 Å². The number of fused-ring (bicyclic) bond motifs is 1. The van der Waals surface area contributed by atoms with Crippen LogP contribution in [0, 0.1) is 0 Å². The lowest BCUT2D eigenvalue weighted by molar-refractivity contribution is -0.689. The van der Waals surface area contributed by atoms with Gasteiger partial charge in [0.2, 0.25) is 0 Å². The lowest BCUT2D eigenvalue weighted by Crippen LogP contribution is -2.71. The minimum atomic E-state index is -1.43. The summed E-state index contributed by atoms with van der Waals surface area (Å²) in [6, 6.07) is 3.05. The average Bonchev–Trinajstić information content (AvgIpc) is 3.25. The molecular weight excluding hydrogens is 504 g/mol. The fourth-order valence-electron chi connectivity index (χ4n) is 3.98. The van der Waals surface area contributed by atoms with E-state index in [-0.39, 0.29) is 27.6 Å². The number of nitrogens with two attached hydrogens (primary N) is 1. The molecule has 2 aromatic rings. The maximum absolute atomic E-state index is 13.0. The molecule has 0 saturated carbocycles. The van der Waals surface area contributed by atoms with Crippen molar-refractivity contribution >= 4 is 51.7 Å². The van der Waals surface area contributed by atoms with Gasteiger partial charge in [0, 0.05) is 28.8 Å². The number of nitrogen functional groups attached to an aromatic ring is 1. The van der Waals surface area contributed by atoms with Gasteiger partial charge in [0.05, 0.1) is 11.7 Å². The highest BCUT2D eigenvalue weighted by molar-refractivity contribution is 8.00. The van der Waals surface area contributed by atoms with Gasteiger partial charge >= 0.3 is 0 Å². The number of nitrogens with zero attached hydrogens (tertiary/aromatic N) is 4. The van der Waals surface area contributed by atoms with Crippen LogP contribution in [0.3, 0.4) is 0 Å². The van der Waals surface area contributed by atoms with Gasteiger partial charge in [-0.25, -0.2) is 9.55 Å². The van der Waals surface area contributed by atoms with Gasteiger partial charge in [-0.3, -0.25) is 14.5 Å². The highest BCUT2D eigenvalue weighted by atomic mass is 32.2. The highest BCUT2D eigenvalue weighted by Crippen LogP contribution is 2.40. The molecule has 0 spiro atoms. The predicted octanol–water partition coefficient (Wildman–Crippen LogP) is -0.235. The molecule has 2 amide bonds. The van der Waals surface area contributed by atoms with E-state index >= 15 is 0 Å². The SMILES string of the molecule is CO/N=C(\C(=O)N[C@@H]1C(=O)N2C(C(=O)[O-])=C(C[n+]3ccc(C(C)(C)C)cc3)CS[C@H]12)c1csc(N)n1. The molecule has 2 atom stereocenters. The van der Waals surface area contributed by atoms with E-state index < -0.39 is 29.2 Å². The smallest absolute Gasteiger partial charge is 0.276 e. The second kappa shape index (κ2) is 9.90. The number of carbonyl (C=O) groups is 3. The van der Waals surface area contributed by atoms with Crippen LogP contribution in [-0.2, 0) is 31.2 Å². The molecular formula is C23H26N6O5S2. The number of thiazole rings is 1. The number of aromatic nitrogens is 2. The Morgan fingerprint density at radius 2 is 2.06 bits per heavy atom. The number of hydrogen-bond acceptors (Lipinski definition) is 10. The van der Waals surface area contributed by atoms with Crippen molar-refractivity contribution in [1.82, 2.24) is 15.2 Å².